The summed E-state index contributed by atoms with van der Waals surface area (Å²) in [5, 5.41) is 79.1. The minimum absolute atomic E-state index is 0.0266. The van der Waals surface area contributed by atoms with Crippen LogP contribution in [0.3, 0.4) is 0 Å². The van der Waals surface area contributed by atoms with Crippen molar-refractivity contribution in [2.45, 2.75) is 82.8 Å². The number of carbonyl (C=O) groups excluding carboxylic acids is 4. The fourth-order valence-electron chi connectivity index (χ4n) is 1.78. The van der Waals surface area contributed by atoms with E-state index in [1.165, 1.54) is 0 Å². The molecule has 9 unspecified atom stereocenters. The molecule has 0 aromatic carbocycles. The van der Waals surface area contributed by atoms with Crippen LogP contribution in [-0.4, -0.2) is 139 Å². The molecule has 15 nitrogen and oxygen atoms in total. The van der Waals surface area contributed by atoms with Gasteiger partial charge in [0.2, 0.25) is 0 Å². The Morgan fingerprint density at radius 2 is 1.08 bits per heavy atom. The first-order valence-corrected chi connectivity index (χ1v) is 12.3. The number of aliphatic hydroxyl groups excluding tert-OH is 9. The van der Waals surface area contributed by atoms with Crippen LogP contribution in [0.1, 0.15) is 40.0 Å². The Hall–Kier alpha value is -0.900. The highest BCUT2D eigenvalue weighted by Crippen LogP contribution is 2.06. The predicted molar refractivity (Wildman–Crippen MR) is 140 cm³/mol. The number of aliphatic hydroxyl groups is 9. The van der Waals surface area contributed by atoms with Gasteiger partial charge in [0.1, 0.15) is 63.2 Å². The lowest BCUT2D eigenvalue weighted by Crippen LogP contribution is -2.43. The molecule has 0 aliphatic carbocycles. The van der Waals surface area contributed by atoms with Gasteiger partial charge in [0, 0.05) is 18.9 Å². The van der Waals surface area contributed by atoms with Gasteiger partial charge in [-0.15, -0.1) is 0 Å². The first-order chi connectivity index (χ1) is 17.7. The van der Waals surface area contributed by atoms with E-state index in [-0.39, 0.29) is 31.8 Å². The van der Waals surface area contributed by atoms with Crippen molar-refractivity contribution >= 4 is 42.6 Å². The van der Waals surface area contributed by atoms with Crippen LogP contribution in [0, 0.1) is 0 Å². The summed E-state index contributed by atoms with van der Waals surface area (Å²) in [6.45, 7) is 3.38. The average molecular weight is 599 g/mol. The smallest absolute Gasteiger partial charge is 0.189 e. The van der Waals surface area contributed by atoms with Crippen LogP contribution >= 0.6 is 18.9 Å². The number of ketones is 3. The van der Waals surface area contributed by atoms with Crippen molar-refractivity contribution in [3.63, 3.8) is 0 Å². The van der Waals surface area contributed by atoms with E-state index in [1.807, 2.05) is 18.9 Å². The second kappa shape index (κ2) is 29.1. The van der Waals surface area contributed by atoms with E-state index in [1.54, 1.807) is 20.8 Å². The molecule has 0 aromatic heterocycles. The number of rotatable bonds is 16. The number of hydrogen-bond donors (Lipinski definition) is 9. The Balaban J connectivity index is -0.000000213. The van der Waals surface area contributed by atoms with Crippen LogP contribution < -0.4 is 0 Å². The summed E-state index contributed by atoms with van der Waals surface area (Å²) in [5.74, 6) is -1.86. The van der Waals surface area contributed by atoms with Gasteiger partial charge in [-0.05, 0) is 19.3 Å². The van der Waals surface area contributed by atoms with Gasteiger partial charge in [-0.25, -0.2) is 0 Å². The topological polar surface area (TPSA) is 269 Å². The van der Waals surface area contributed by atoms with Gasteiger partial charge in [-0.2, -0.15) is 0 Å². The molecular formula is C21H44O15P2. The van der Waals surface area contributed by atoms with Crippen molar-refractivity contribution in [1.82, 2.24) is 0 Å². The molecular weight excluding hydrogens is 554 g/mol. The molecule has 0 spiro atoms. The highest BCUT2D eigenvalue weighted by atomic mass is 31.0. The molecule has 9 N–H and O–H groups in total. The van der Waals surface area contributed by atoms with Crippen LogP contribution in [0.5, 0.6) is 0 Å². The zero-order valence-electron chi connectivity index (χ0n) is 21.7. The fraction of sp³-hybridized carbons (Fsp3) is 0.810. The largest absolute Gasteiger partial charge is 0.390 e. The zero-order valence-corrected chi connectivity index (χ0v) is 24.0. The Labute approximate surface area is 226 Å². The molecule has 0 bridgehead atoms. The third-order valence-corrected chi connectivity index (χ3v) is 4.64. The lowest BCUT2D eigenvalue weighted by molar-refractivity contribution is -0.141. The van der Waals surface area contributed by atoms with Gasteiger partial charge in [0.05, 0.1) is 12.2 Å². The summed E-state index contributed by atoms with van der Waals surface area (Å²) in [6, 6.07) is 0. The standard InChI is InChI=1S/C7H15O5P.C7H14O5.C4H8O2.C3H7O3P/c1-2-4(8)6(10)7(11)5(9)3-12-13;1-2-4(9)6(11)7(12)5(10)3-8;1-2-4(6)3-5;4-1-3(5)2-6-7/h4,6-8,10-11H,2-3,13H2,1H3;4,6-9,11-12H,2-3H2,1H3;3-4,6H,2H2,1H3;4H,1-2,7H2. The molecule has 9 atom stereocenters. The van der Waals surface area contributed by atoms with Crippen LogP contribution in [0.25, 0.3) is 0 Å². The monoisotopic (exact) mass is 598 g/mol. The molecule has 0 heterocycles. The highest BCUT2D eigenvalue weighted by molar-refractivity contribution is 7.10. The van der Waals surface area contributed by atoms with E-state index in [0.717, 1.165) is 0 Å². The summed E-state index contributed by atoms with van der Waals surface area (Å²) < 4.78 is 8.70. The van der Waals surface area contributed by atoms with E-state index in [4.69, 9.17) is 35.7 Å². The molecule has 0 saturated carbocycles. The van der Waals surface area contributed by atoms with Crippen molar-refractivity contribution in [1.29, 1.82) is 0 Å². The third kappa shape index (κ3) is 24.2. The molecule has 0 fully saturated rings. The van der Waals surface area contributed by atoms with Crippen LogP contribution in [0.2, 0.25) is 0 Å². The second-order valence-electron chi connectivity index (χ2n) is 7.34. The van der Waals surface area contributed by atoms with Crippen molar-refractivity contribution in [3.05, 3.63) is 0 Å². The number of aldehydes is 1. The maximum Gasteiger partial charge on any atom is 0.189 e. The first kappa shape index (κ1) is 44.1. The minimum atomic E-state index is -1.70. The zero-order chi connectivity index (χ0) is 30.8. The summed E-state index contributed by atoms with van der Waals surface area (Å²) >= 11 is 0. The maximum absolute atomic E-state index is 10.9. The van der Waals surface area contributed by atoms with Crippen LogP contribution in [0.4, 0.5) is 0 Å². The van der Waals surface area contributed by atoms with Crippen molar-refractivity contribution < 1.29 is 74.2 Å². The van der Waals surface area contributed by atoms with Gasteiger partial charge in [-0.1, -0.05) is 20.8 Å². The van der Waals surface area contributed by atoms with Gasteiger partial charge < -0.3 is 59.8 Å². The molecule has 0 aliphatic heterocycles. The van der Waals surface area contributed by atoms with E-state index in [0.29, 0.717) is 12.7 Å². The van der Waals surface area contributed by atoms with E-state index < -0.39 is 67.5 Å². The van der Waals surface area contributed by atoms with Gasteiger partial charge in [-0.3, -0.25) is 14.4 Å². The van der Waals surface area contributed by atoms with E-state index in [9.17, 15) is 29.4 Å². The van der Waals surface area contributed by atoms with Gasteiger partial charge in [0.25, 0.3) is 0 Å². The summed E-state index contributed by atoms with van der Waals surface area (Å²) in [4.78, 5) is 41.1. The third-order valence-electron chi connectivity index (χ3n) is 4.31. The van der Waals surface area contributed by atoms with Gasteiger partial charge >= 0.3 is 0 Å². The molecule has 0 radical (unpaired) electrons. The fourth-order valence-corrected chi connectivity index (χ4v) is 2.13. The molecule has 0 aliphatic rings. The van der Waals surface area contributed by atoms with E-state index >= 15 is 0 Å². The van der Waals surface area contributed by atoms with Crippen molar-refractivity contribution in [2.75, 3.05) is 26.4 Å². The molecule has 228 valence electrons. The molecule has 17 heteroatoms. The Kier molecular flexibility index (Phi) is 33.8. The number of carbonyl (C=O) groups is 4. The first-order valence-electron chi connectivity index (χ1n) is 11.3. The maximum atomic E-state index is 10.9. The van der Waals surface area contributed by atoms with E-state index in [2.05, 4.69) is 9.05 Å². The summed E-state index contributed by atoms with van der Waals surface area (Å²) in [6.07, 6.45) is -7.69. The van der Waals surface area contributed by atoms with Crippen LogP contribution in [-0.2, 0) is 28.2 Å². The summed E-state index contributed by atoms with van der Waals surface area (Å²) in [5.41, 5.74) is 0. The van der Waals surface area contributed by atoms with Crippen molar-refractivity contribution in [2.24, 2.45) is 0 Å². The lowest BCUT2D eigenvalue weighted by atomic mass is 10.0. The number of hydrogen-bond acceptors (Lipinski definition) is 15. The molecule has 0 aromatic rings. The summed E-state index contributed by atoms with van der Waals surface area (Å²) in [7, 11) is 3.78. The number of Topliss-reactive ketones (excluding diaryl/α,β-unsaturated/α-hetero) is 3. The van der Waals surface area contributed by atoms with Gasteiger partial charge in [0.15, 0.2) is 17.3 Å². The van der Waals surface area contributed by atoms with Crippen LogP contribution in [0.15, 0.2) is 0 Å². The Morgan fingerprint density at radius 1 is 0.684 bits per heavy atom. The minimum Gasteiger partial charge on any atom is -0.390 e. The lowest BCUT2D eigenvalue weighted by Gasteiger charge is -2.20. The predicted octanol–water partition coefficient (Wildman–Crippen LogP) is -3.79. The molecule has 0 amide bonds. The van der Waals surface area contributed by atoms with Crippen molar-refractivity contribution in [3.8, 4) is 0 Å². The molecule has 0 saturated heterocycles. The quantitative estimate of drug-likeness (QED) is 0.0609. The Bertz CT molecular complexity index is 611. The Morgan fingerprint density at radius 3 is 1.29 bits per heavy atom. The second-order valence-corrected chi connectivity index (χ2v) is 8.01. The normalized spacial score (nSPS) is 15.7. The highest BCUT2D eigenvalue weighted by Gasteiger charge is 2.29. The molecule has 0 rings (SSSR count). The average Bonchev–Trinajstić information content (AvgIpc) is 2.94. The SMILES string of the molecule is CCC(O)C(O)C(O)C(=O)CO.CCC(O)C(O)C(O)C(=O)COP.CCC(O)C=O.O=C(CO)COP. The molecule has 38 heavy (non-hydrogen) atoms.